The second kappa shape index (κ2) is 6.91. The zero-order chi connectivity index (χ0) is 12.7. The average Bonchev–Trinajstić information content (AvgIpc) is 2.34. The molecule has 0 amide bonds. The van der Waals surface area contributed by atoms with Crippen molar-refractivity contribution in [2.75, 3.05) is 6.54 Å². The van der Waals surface area contributed by atoms with Gasteiger partial charge in [0.15, 0.2) is 0 Å². The lowest BCUT2D eigenvalue weighted by Crippen LogP contribution is -2.21. The van der Waals surface area contributed by atoms with E-state index < -0.39 is 0 Å². The highest BCUT2D eigenvalue weighted by Gasteiger charge is 2.03. The smallest absolute Gasteiger partial charge is 0.139 e. The molecule has 4 N–H and O–H groups in total. The van der Waals surface area contributed by atoms with Crippen LogP contribution in [0.15, 0.2) is 29.4 Å². The largest absolute Gasteiger partial charge is 0.409 e. The highest BCUT2D eigenvalue weighted by atomic mass is 16.4. The fraction of sp³-hybridized carbons (Fsp3) is 0.462. The lowest BCUT2D eigenvalue weighted by molar-refractivity contribution is 0.316. The first-order valence-electron chi connectivity index (χ1n) is 5.90. The van der Waals surface area contributed by atoms with Crippen molar-refractivity contribution in [2.24, 2.45) is 10.9 Å². The van der Waals surface area contributed by atoms with Gasteiger partial charge < -0.3 is 16.3 Å². The third-order valence-electron chi connectivity index (χ3n) is 2.77. The van der Waals surface area contributed by atoms with Gasteiger partial charge in [0.25, 0.3) is 0 Å². The number of nitrogens with two attached hydrogens (primary N) is 1. The Morgan fingerprint density at radius 1 is 1.41 bits per heavy atom. The van der Waals surface area contributed by atoms with E-state index in [1.165, 1.54) is 11.1 Å². The van der Waals surface area contributed by atoms with Gasteiger partial charge in [-0.05, 0) is 32.4 Å². The van der Waals surface area contributed by atoms with Crippen molar-refractivity contribution in [1.29, 1.82) is 0 Å². The summed E-state index contributed by atoms with van der Waals surface area (Å²) >= 11 is 0. The number of nitrogens with zero attached hydrogens (tertiary/aromatic N) is 1. The van der Waals surface area contributed by atoms with E-state index in [1.54, 1.807) is 0 Å². The van der Waals surface area contributed by atoms with Gasteiger partial charge in [-0.15, -0.1) is 0 Å². The molecule has 0 saturated heterocycles. The first kappa shape index (κ1) is 13.5. The van der Waals surface area contributed by atoms with E-state index in [0.29, 0.717) is 12.5 Å². The number of nitrogens with one attached hydrogen (secondary N) is 1. The molecule has 0 aromatic heterocycles. The van der Waals surface area contributed by atoms with Gasteiger partial charge >= 0.3 is 0 Å². The fourth-order valence-corrected chi connectivity index (χ4v) is 1.61. The summed E-state index contributed by atoms with van der Waals surface area (Å²) in [5.74, 6) is 0.287. The van der Waals surface area contributed by atoms with E-state index in [0.717, 1.165) is 13.0 Å². The SMILES string of the molecule is Cc1ccc([C@@H](C)NCCC/C(N)=N/O)cc1. The lowest BCUT2D eigenvalue weighted by Gasteiger charge is -2.14. The quantitative estimate of drug-likeness (QED) is 0.233. The topological polar surface area (TPSA) is 70.6 Å². The van der Waals surface area contributed by atoms with Crippen LogP contribution in [-0.4, -0.2) is 17.6 Å². The number of benzene rings is 1. The Balaban J connectivity index is 2.30. The maximum atomic E-state index is 8.39. The molecule has 17 heavy (non-hydrogen) atoms. The summed E-state index contributed by atoms with van der Waals surface area (Å²) in [7, 11) is 0. The summed E-state index contributed by atoms with van der Waals surface area (Å²) in [4.78, 5) is 0. The first-order valence-corrected chi connectivity index (χ1v) is 5.90. The molecule has 0 aliphatic carbocycles. The van der Waals surface area contributed by atoms with Crippen LogP contribution in [0.4, 0.5) is 0 Å². The highest BCUT2D eigenvalue weighted by Crippen LogP contribution is 2.12. The standard InChI is InChI=1S/C13H21N3O/c1-10-5-7-12(8-6-10)11(2)15-9-3-4-13(14)16-17/h5-8,11,15,17H,3-4,9H2,1-2H3,(H2,14,16)/t11-/m1/s1. The van der Waals surface area contributed by atoms with Crippen molar-refractivity contribution in [3.05, 3.63) is 35.4 Å². The van der Waals surface area contributed by atoms with Gasteiger partial charge in [0.05, 0.1) is 0 Å². The van der Waals surface area contributed by atoms with Crippen molar-refractivity contribution in [3.8, 4) is 0 Å². The van der Waals surface area contributed by atoms with E-state index >= 15 is 0 Å². The normalized spacial score (nSPS) is 13.6. The van der Waals surface area contributed by atoms with Crippen LogP contribution in [0.25, 0.3) is 0 Å². The number of hydrogen-bond donors (Lipinski definition) is 3. The van der Waals surface area contributed by atoms with E-state index in [-0.39, 0.29) is 5.84 Å². The van der Waals surface area contributed by atoms with Gasteiger partial charge in [0, 0.05) is 12.5 Å². The van der Waals surface area contributed by atoms with Gasteiger partial charge in [-0.25, -0.2) is 0 Å². The van der Waals surface area contributed by atoms with Crippen molar-refractivity contribution >= 4 is 5.84 Å². The predicted molar refractivity (Wildman–Crippen MR) is 70.2 cm³/mol. The van der Waals surface area contributed by atoms with Crippen LogP contribution in [0.5, 0.6) is 0 Å². The maximum absolute atomic E-state index is 8.39. The van der Waals surface area contributed by atoms with E-state index in [9.17, 15) is 0 Å². The number of oxime groups is 1. The molecule has 0 bridgehead atoms. The summed E-state index contributed by atoms with van der Waals surface area (Å²) in [6.45, 7) is 5.07. The van der Waals surface area contributed by atoms with Crippen LogP contribution in [0.2, 0.25) is 0 Å². The van der Waals surface area contributed by atoms with E-state index in [4.69, 9.17) is 10.9 Å². The van der Waals surface area contributed by atoms with Crippen molar-refractivity contribution in [1.82, 2.24) is 5.32 Å². The molecule has 0 saturated carbocycles. The van der Waals surface area contributed by atoms with Crippen molar-refractivity contribution < 1.29 is 5.21 Å². The van der Waals surface area contributed by atoms with Gasteiger partial charge in [-0.3, -0.25) is 0 Å². The number of amidine groups is 1. The molecule has 1 aromatic rings. The summed E-state index contributed by atoms with van der Waals surface area (Å²) in [6, 6.07) is 8.82. The monoisotopic (exact) mass is 235 g/mol. The highest BCUT2D eigenvalue weighted by molar-refractivity contribution is 5.79. The molecule has 0 fully saturated rings. The maximum Gasteiger partial charge on any atom is 0.139 e. The third-order valence-corrected chi connectivity index (χ3v) is 2.77. The molecule has 4 nitrogen and oxygen atoms in total. The first-order chi connectivity index (χ1) is 8.13. The van der Waals surface area contributed by atoms with E-state index in [1.807, 2.05) is 0 Å². The summed E-state index contributed by atoms with van der Waals surface area (Å²) in [5.41, 5.74) is 7.94. The van der Waals surface area contributed by atoms with Crippen LogP contribution in [0.3, 0.4) is 0 Å². The Morgan fingerprint density at radius 2 is 2.06 bits per heavy atom. The van der Waals surface area contributed by atoms with Gasteiger partial charge in [-0.2, -0.15) is 0 Å². The molecule has 0 heterocycles. The van der Waals surface area contributed by atoms with Crippen LogP contribution in [-0.2, 0) is 0 Å². The molecule has 1 rings (SSSR count). The summed E-state index contributed by atoms with van der Waals surface area (Å²) < 4.78 is 0. The molecule has 1 aromatic carbocycles. The third kappa shape index (κ3) is 4.87. The minimum Gasteiger partial charge on any atom is -0.409 e. The zero-order valence-corrected chi connectivity index (χ0v) is 10.5. The van der Waals surface area contributed by atoms with E-state index in [2.05, 4.69) is 48.6 Å². The van der Waals surface area contributed by atoms with Crippen LogP contribution in [0, 0.1) is 6.92 Å². The Labute approximate surface area is 103 Å². The lowest BCUT2D eigenvalue weighted by atomic mass is 10.1. The van der Waals surface area contributed by atoms with Crippen LogP contribution < -0.4 is 11.1 Å². The Bertz CT molecular complexity index is 359. The van der Waals surface area contributed by atoms with Crippen LogP contribution >= 0.6 is 0 Å². The Kier molecular flexibility index (Phi) is 5.49. The zero-order valence-electron chi connectivity index (χ0n) is 10.5. The minimum atomic E-state index is 0.287. The Morgan fingerprint density at radius 3 is 2.65 bits per heavy atom. The molecule has 0 aliphatic heterocycles. The molecule has 1 atom stereocenters. The van der Waals surface area contributed by atoms with Gasteiger partial charge in [0.1, 0.15) is 5.84 Å². The fourth-order valence-electron chi connectivity index (χ4n) is 1.61. The van der Waals surface area contributed by atoms with Crippen LogP contribution in [0.1, 0.15) is 36.9 Å². The number of aryl methyl sites for hydroxylation is 1. The second-order valence-electron chi connectivity index (χ2n) is 4.28. The predicted octanol–water partition coefficient (Wildman–Crippen LogP) is 2.17. The molecule has 0 radical (unpaired) electrons. The van der Waals surface area contributed by atoms with Gasteiger partial charge in [0.2, 0.25) is 0 Å². The summed E-state index contributed by atoms with van der Waals surface area (Å²) in [6.07, 6.45) is 1.48. The molecule has 4 heteroatoms. The second-order valence-corrected chi connectivity index (χ2v) is 4.28. The molecular weight excluding hydrogens is 214 g/mol. The number of hydrogen-bond acceptors (Lipinski definition) is 3. The molecule has 0 spiro atoms. The summed E-state index contributed by atoms with van der Waals surface area (Å²) in [5, 5.41) is 14.7. The molecular formula is C13H21N3O. The van der Waals surface area contributed by atoms with Crippen molar-refractivity contribution in [2.45, 2.75) is 32.7 Å². The number of rotatable bonds is 6. The van der Waals surface area contributed by atoms with Crippen molar-refractivity contribution in [3.63, 3.8) is 0 Å². The molecule has 94 valence electrons. The molecule has 0 unspecified atom stereocenters. The average molecular weight is 235 g/mol. The van der Waals surface area contributed by atoms with Gasteiger partial charge in [-0.1, -0.05) is 35.0 Å². The Hall–Kier alpha value is -1.55. The molecule has 0 aliphatic rings. The minimum absolute atomic E-state index is 0.287.